The van der Waals surface area contributed by atoms with E-state index in [0.29, 0.717) is 11.7 Å². The molecule has 2 heterocycles. The molecule has 7 nitrogen and oxygen atoms in total. The maximum atomic E-state index is 10.7. The molecule has 1 aliphatic carbocycles. The summed E-state index contributed by atoms with van der Waals surface area (Å²) in [6, 6.07) is 3.03. The molecular weight excluding hydrogens is 305 g/mol. The third kappa shape index (κ3) is 2.54. The fourth-order valence-electron chi connectivity index (χ4n) is 1.80. The van der Waals surface area contributed by atoms with Crippen LogP contribution in [0.3, 0.4) is 0 Å². The van der Waals surface area contributed by atoms with Gasteiger partial charge in [-0.15, -0.1) is 0 Å². The quantitative estimate of drug-likeness (QED) is 0.510. The molecule has 0 amide bonds. The van der Waals surface area contributed by atoms with Gasteiger partial charge in [0.05, 0.1) is 9.95 Å². The molecule has 0 bridgehead atoms. The zero-order valence-corrected chi connectivity index (χ0v) is 11.6. The van der Waals surface area contributed by atoms with Crippen molar-refractivity contribution in [3.8, 4) is 0 Å². The van der Waals surface area contributed by atoms with Gasteiger partial charge in [0.25, 0.3) is 0 Å². The van der Waals surface area contributed by atoms with Crippen molar-refractivity contribution in [2.24, 2.45) is 0 Å². The molecule has 1 saturated carbocycles. The lowest BCUT2D eigenvalue weighted by Crippen LogP contribution is -1.98. The Kier molecular flexibility index (Phi) is 3.23. The minimum atomic E-state index is -0.634. The van der Waals surface area contributed by atoms with E-state index in [1.165, 1.54) is 0 Å². The topological polar surface area (TPSA) is 96.7 Å². The summed E-state index contributed by atoms with van der Waals surface area (Å²) in [6.07, 6.45) is 2.31. The number of hydrogen-bond donors (Lipinski definition) is 2. The van der Waals surface area contributed by atoms with Gasteiger partial charge >= 0.3 is 5.69 Å². The number of aromatic nitrogens is 3. The summed E-state index contributed by atoms with van der Waals surface area (Å²) >= 11 is 11.7. The second kappa shape index (κ2) is 4.92. The number of pyridine rings is 1. The van der Waals surface area contributed by atoms with Crippen LogP contribution in [0.1, 0.15) is 24.5 Å². The molecule has 3 rings (SSSR count). The van der Waals surface area contributed by atoms with Gasteiger partial charge in [0.2, 0.25) is 5.15 Å². The molecule has 0 radical (unpaired) electrons. The van der Waals surface area contributed by atoms with Crippen LogP contribution in [0.4, 0.5) is 17.3 Å². The number of anilines is 2. The Morgan fingerprint density at radius 1 is 1.40 bits per heavy atom. The van der Waals surface area contributed by atoms with Gasteiger partial charge < -0.3 is 5.32 Å². The maximum Gasteiger partial charge on any atom is 0.308 e. The Balaban J connectivity index is 1.85. The van der Waals surface area contributed by atoms with E-state index in [9.17, 15) is 10.1 Å². The van der Waals surface area contributed by atoms with Crippen LogP contribution in [-0.2, 0) is 0 Å². The summed E-state index contributed by atoms with van der Waals surface area (Å²) in [5.41, 5.74) is 0.722. The van der Waals surface area contributed by atoms with E-state index < -0.39 is 4.92 Å². The van der Waals surface area contributed by atoms with Crippen molar-refractivity contribution < 1.29 is 4.92 Å². The molecule has 9 heteroatoms. The first-order valence-corrected chi connectivity index (χ1v) is 6.63. The van der Waals surface area contributed by atoms with E-state index in [1.807, 2.05) is 6.07 Å². The highest BCUT2D eigenvalue weighted by Crippen LogP contribution is 2.40. The van der Waals surface area contributed by atoms with Crippen molar-refractivity contribution in [1.82, 2.24) is 15.2 Å². The molecular formula is C11H9Cl2N5O2. The van der Waals surface area contributed by atoms with Gasteiger partial charge in [0.15, 0.2) is 11.6 Å². The highest BCUT2D eigenvalue weighted by molar-refractivity contribution is 6.35. The third-order valence-corrected chi connectivity index (χ3v) is 3.54. The normalized spacial score (nSPS) is 14.3. The van der Waals surface area contributed by atoms with Gasteiger partial charge in [0, 0.05) is 23.7 Å². The average molecular weight is 314 g/mol. The van der Waals surface area contributed by atoms with E-state index in [-0.39, 0.29) is 21.7 Å². The number of rotatable bonds is 4. The second-order valence-electron chi connectivity index (χ2n) is 4.49. The van der Waals surface area contributed by atoms with Crippen molar-refractivity contribution in [3.63, 3.8) is 0 Å². The Morgan fingerprint density at radius 3 is 2.80 bits per heavy atom. The lowest BCUT2D eigenvalue weighted by Gasteiger charge is -2.05. The van der Waals surface area contributed by atoms with E-state index in [0.717, 1.165) is 24.6 Å². The van der Waals surface area contributed by atoms with Gasteiger partial charge in [-0.3, -0.25) is 15.2 Å². The van der Waals surface area contributed by atoms with Crippen LogP contribution >= 0.6 is 23.2 Å². The van der Waals surface area contributed by atoms with E-state index in [2.05, 4.69) is 20.5 Å². The summed E-state index contributed by atoms with van der Waals surface area (Å²) < 4.78 is 0. The molecule has 0 saturated heterocycles. The number of hydrogen-bond acceptors (Lipinski definition) is 5. The zero-order valence-electron chi connectivity index (χ0n) is 10.1. The van der Waals surface area contributed by atoms with Crippen molar-refractivity contribution >= 4 is 40.5 Å². The first-order chi connectivity index (χ1) is 9.54. The fraction of sp³-hybridized carbons (Fsp3) is 0.273. The number of aromatic amines is 1. The molecule has 0 aromatic carbocycles. The molecule has 2 N–H and O–H groups in total. The summed E-state index contributed by atoms with van der Waals surface area (Å²) in [5, 5.41) is 20.5. The van der Waals surface area contributed by atoms with E-state index in [4.69, 9.17) is 23.2 Å². The van der Waals surface area contributed by atoms with Gasteiger partial charge in [-0.05, 0) is 12.8 Å². The summed E-state index contributed by atoms with van der Waals surface area (Å²) in [5.74, 6) is 1.32. The maximum absolute atomic E-state index is 10.7. The van der Waals surface area contributed by atoms with Crippen LogP contribution in [0.5, 0.6) is 0 Å². The van der Waals surface area contributed by atoms with Crippen LogP contribution in [0, 0.1) is 10.1 Å². The van der Waals surface area contributed by atoms with Crippen molar-refractivity contribution in [1.29, 1.82) is 0 Å². The molecule has 0 unspecified atom stereocenters. The predicted octanol–water partition coefficient (Wildman–Crippen LogP) is 3.64. The molecule has 0 atom stereocenters. The Hall–Kier alpha value is -1.86. The highest BCUT2D eigenvalue weighted by atomic mass is 35.5. The number of H-pyrrole nitrogens is 1. The number of halogens is 2. The average Bonchev–Trinajstić information content (AvgIpc) is 3.14. The van der Waals surface area contributed by atoms with Gasteiger partial charge in [-0.25, -0.2) is 4.98 Å². The van der Waals surface area contributed by atoms with Gasteiger partial charge in [-0.2, -0.15) is 5.10 Å². The first-order valence-electron chi connectivity index (χ1n) is 5.87. The molecule has 0 spiro atoms. The number of nitrogens with one attached hydrogen (secondary N) is 2. The smallest absolute Gasteiger partial charge is 0.308 e. The predicted molar refractivity (Wildman–Crippen MR) is 74.8 cm³/mol. The molecule has 20 heavy (non-hydrogen) atoms. The second-order valence-corrected chi connectivity index (χ2v) is 5.26. The summed E-state index contributed by atoms with van der Waals surface area (Å²) in [6.45, 7) is 0. The Labute approximate surface area is 123 Å². The lowest BCUT2D eigenvalue weighted by atomic mass is 10.3. The van der Waals surface area contributed by atoms with Crippen molar-refractivity contribution in [2.45, 2.75) is 18.8 Å². The fourth-order valence-corrected chi connectivity index (χ4v) is 2.20. The first kappa shape index (κ1) is 13.1. The number of nitrogens with zero attached hydrogens (tertiary/aromatic N) is 3. The summed E-state index contributed by atoms with van der Waals surface area (Å²) in [4.78, 5) is 14.0. The van der Waals surface area contributed by atoms with E-state index in [1.54, 1.807) is 0 Å². The Morgan fingerprint density at radius 2 is 2.15 bits per heavy atom. The largest absolute Gasteiger partial charge is 0.322 e. The van der Waals surface area contributed by atoms with Crippen LogP contribution in [0.25, 0.3) is 0 Å². The molecule has 104 valence electrons. The minimum Gasteiger partial charge on any atom is -0.322 e. The van der Waals surface area contributed by atoms with Crippen LogP contribution in [0.15, 0.2) is 12.1 Å². The van der Waals surface area contributed by atoms with Crippen molar-refractivity contribution in [2.75, 3.05) is 5.32 Å². The monoisotopic (exact) mass is 313 g/mol. The van der Waals surface area contributed by atoms with Crippen molar-refractivity contribution in [3.05, 3.63) is 38.1 Å². The van der Waals surface area contributed by atoms with Gasteiger partial charge in [-0.1, -0.05) is 23.2 Å². The molecule has 1 fully saturated rings. The van der Waals surface area contributed by atoms with Gasteiger partial charge in [0.1, 0.15) is 0 Å². The van der Waals surface area contributed by atoms with E-state index >= 15 is 0 Å². The van der Waals surface area contributed by atoms with Crippen LogP contribution in [0.2, 0.25) is 10.2 Å². The Bertz CT molecular complexity index is 683. The lowest BCUT2D eigenvalue weighted by molar-refractivity contribution is -0.385. The third-order valence-electron chi connectivity index (χ3n) is 2.97. The van der Waals surface area contributed by atoms with Crippen LogP contribution < -0.4 is 5.32 Å². The molecule has 2 aromatic heterocycles. The standard InChI is InChI=1S/C11H9Cl2N5O2/c12-6-3-8(18(19)20)10(13)15-11(6)14-9-4-7(16-17-9)5-1-2-5/h3-5H,1-2H2,(H2,14,15,16,17). The minimum absolute atomic E-state index is 0.108. The summed E-state index contributed by atoms with van der Waals surface area (Å²) in [7, 11) is 0. The molecule has 2 aromatic rings. The SMILES string of the molecule is O=[N+]([O-])c1cc(Cl)c(Nc2cc(C3CC3)[nH]n2)nc1Cl. The molecule has 1 aliphatic rings. The highest BCUT2D eigenvalue weighted by Gasteiger charge is 2.26. The zero-order chi connectivity index (χ0) is 14.3. The van der Waals surface area contributed by atoms with Crippen LogP contribution in [-0.4, -0.2) is 20.1 Å². The number of nitro groups is 1. The molecule has 0 aliphatic heterocycles.